The van der Waals surface area contributed by atoms with E-state index in [-0.39, 0.29) is 11.9 Å². The van der Waals surface area contributed by atoms with Crippen LogP contribution < -0.4 is 5.32 Å². The lowest BCUT2D eigenvalue weighted by Crippen LogP contribution is -2.07. The van der Waals surface area contributed by atoms with Crippen LogP contribution in [-0.2, 0) is 0 Å². The fourth-order valence-corrected chi connectivity index (χ4v) is 2.04. The second-order valence-electron chi connectivity index (χ2n) is 4.84. The normalized spacial score (nSPS) is 12.3. The molecule has 0 saturated carbocycles. The van der Waals surface area contributed by atoms with Crippen molar-refractivity contribution in [3.63, 3.8) is 0 Å². The summed E-state index contributed by atoms with van der Waals surface area (Å²) in [7, 11) is 0. The molecule has 1 unspecified atom stereocenters. The van der Waals surface area contributed by atoms with E-state index in [4.69, 9.17) is 0 Å². The summed E-state index contributed by atoms with van der Waals surface area (Å²) in [4.78, 5) is 11.8. The van der Waals surface area contributed by atoms with Crippen LogP contribution in [-0.4, -0.2) is 20.1 Å². The minimum Gasteiger partial charge on any atom is -0.362 e. The molecule has 0 aliphatic heterocycles. The first-order valence-corrected chi connectivity index (χ1v) is 6.88. The maximum absolute atomic E-state index is 12.5. The van der Waals surface area contributed by atoms with E-state index < -0.39 is 12.3 Å². The van der Waals surface area contributed by atoms with Crippen LogP contribution in [0.1, 0.15) is 30.8 Å². The smallest absolute Gasteiger partial charge is 0.315 e. The fourth-order valence-electron chi connectivity index (χ4n) is 2.04. The van der Waals surface area contributed by atoms with Crippen molar-refractivity contribution in [3.8, 4) is 11.4 Å². The Kier molecular flexibility index (Phi) is 4.22. The lowest BCUT2D eigenvalue weighted by atomic mass is 10.1. The van der Waals surface area contributed by atoms with Crippen LogP contribution in [0.4, 0.5) is 14.6 Å². The molecule has 0 radical (unpaired) electrons. The maximum atomic E-state index is 12.5. The lowest BCUT2D eigenvalue weighted by molar-refractivity contribution is 0.106. The second-order valence-corrected chi connectivity index (χ2v) is 4.84. The van der Waals surface area contributed by atoms with E-state index in [0.717, 1.165) is 5.56 Å². The van der Waals surface area contributed by atoms with Gasteiger partial charge in [0.15, 0.2) is 0 Å². The molecular weight excluding hydrogens is 304 g/mol. The number of benzene rings is 1. The minimum absolute atomic E-state index is 0.00245. The van der Waals surface area contributed by atoms with E-state index in [1.54, 1.807) is 30.7 Å². The molecule has 0 aliphatic carbocycles. The third-order valence-corrected chi connectivity index (χ3v) is 3.22. The van der Waals surface area contributed by atoms with Gasteiger partial charge in [0.05, 0.1) is 6.20 Å². The van der Waals surface area contributed by atoms with Gasteiger partial charge in [-0.2, -0.15) is 13.8 Å². The molecule has 2 aromatic heterocycles. The van der Waals surface area contributed by atoms with E-state index in [1.165, 1.54) is 0 Å². The number of nitrogens with one attached hydrogen (secondary N) is 1. The van der Waals surface area contributed by atoms with Crippen LogP contribution in [0.15, 0.2) is 47.4 Å². The minimum atomic E-state index is -2.77. The first kappa shape index (κ1) is 15.0. The predicted octanol–water partition coefficient (Wildman–Crippen LogP) is 3.64. The van der Waals surface area contributed by atoms with Crippen molar-refractivity contribution in [3.05, 3.63) is 54.3 Å². The van der Waals surface area contributed by atoms with E-state index in [1.807, 2.05) is 19.1 Å². The summed E-state index contributed by atoms with van der Waals surface area (Å²) in [6.07, 6.45) is 2.07. The number of rotatable bonds is 5. The number of aromatic nitrogens is 4. The Morgan fingerprint density at radius 1 is 1.13 bits per heavy atom. The van der Waals surface area contributed by atoms with E-state index in [0.29, 0.717) is 11.4 Å². The molecule has 3 aromatic rings. The fraction of sp³-hybridized carbons (Fsp3) is 0.200. The number of anilines is 1. The van der Waals surface area contributed by atoms with Crippen LogP contribution in [0.2, 0.25) is 0 Å². The SMILES string of the molecule is CC(Nc1cnccn1)c1ccc(-c2noc(C(F)F)n2)cc1. The predicted molar refractivity (Wildman–Crippen MR) is 78.8 cm³/mol. The average Bonchev–Trinajstić information content (AvgIpc) is 3.06. The molecule has 6 nitrogen and oxygen atoms in total. The zero-order valence-corrected chi connectivity index (χ0v) is 12.1. The molecule has 8 heteroatoms. The Balaban J connectivity index is 1.73. The Labute approximate surface area is 130 Å². The standard InChI is InChI=1S/C15H13F2N5O/c1-9(20-12-8-18-6-7-19-12)10-2-4-11(5-3-10)14-21-15(13(16)17)23-22-14/h2-9,13H,1H3,(H,19,20). The highest BCUT2D eigenvalue weighted by Crippen LogP contribution is 2.24. The van der Waals surface area contributed by atoms with Crippen LogP contribution >= 0.6 is 0 Å². The Morgan fingerprint density at radius 3 is 2.52 bits per heavy atom. The first-order valence-electron chi connectivity index (χ1n) is 6.88. The van der Waals surface area contributed by atoms with Crippen molar-refractivity contribution < 1.29 is 13.3 Å². The molecule has 1 atom stereocenters. The molecule has 2 heterocycles. The van der Waals surface area contributed by atoms with Crippen LogP contribution in [0.3, 0.4) is 0 Å². The van der Waals surface area contributed by atoms with Gasteiger partial charge in [-0.25, -0.2) is 4.98 Å². The summed E-state index contributed by atoms with van der Waals surface area (Å²) in [5.74, 6) is 0.131. The lowest BCUT2D eigenvalue weighted by Gasteiger charge is -2.14. The highest BCUT2D eigenvalue weighted by Gasteiger charge is 2.17. The largest absolute Gasteiger partial charge is 0.362 e. The molecule has 1 aromatic carbocycles. The summed E-state index contributed by atoms with van der Waals surface area (Å²) in [5.41, 5.74) is 1.60. The van der Waals surface area contributed by atoms with Crippen molar-refractivity contribution in [1.29, 1.82) is 0 Å². The Morgan fingerprint density at radius 2 is 1.91 bits per heavy atom. The second kappa shape index (κ2) is 6.47. The molecule has 23 heavy (non-hydrogen) atoms. The molecule has 1 N–H and O–H groups in total. The highest BCUT2D eigenvalue weighted by molar-refractivity contribution is 5.55. The first-order chi connectivity index (χ1) is 11.1. The average molecular weight is 317 g/mol. The van der Waals surface area contributed by atoms with Gasteiger partial charge in [-0.05, 0) is 12.5 Å². The number of halogens is 2. The zero-order chi connectivity index (χ0) is 16.2. The molecular formula is C15H13F2N5O. The highest BCUT2D eigenvalue weighted by atomic mass is 19.3. The molecule has 0 bridgehead atoms. The van der Waals surface area contributed by atoms with E-state index >= 15 is 0 Å². The monoisotopic (exact) mass is 317 g/mol. The quantitative estimate of drug-likeness (QED) is 0.774. The van der Waals surface area contributed by atoms with Crippen LogP contribution in [0, 0.1) is 0 Å². The third-order valence-electron chi connectivity index (χ3n) is 3.22. The van der Waals surface area contributed by atoms with Crippen LogP contribution in [0.5, 0.6) is 0 Å². The Hall–Kier alpha value is -2.90. The third kappa shape index (κ3) is 3.47. The van der Waals surface area contributed by atoms with Gasteiger partial charge in [0.1, 0.15) is 5.82 Å². The topological polar surface area (TPSA) is 76.7 Å². The summed E-state index contributed by atoms with van der Waals surface area (Å²) in [6.45, 7) is 1.98. The summed E-state index contributed by atoms with van der Waals surface area (Å²) >= 11 is 0. The summed E-state index contributed by atoms with van der Waals surface area (Å²) in [6, 6.07) is 7.24. The van der Waals surface area contributed by atoms with Gasteiger partial charge < -0.3 is 9.84 Å². The number of alkyl halides is 2. The van der Waals surface area contributed by atoms with Gasteiger partial charge in [-0.1, -0.05) is 29.4 Å². The molecule has 0 amide bonds. The van der Waals surface area contributed by atoms with Crippen molar-refractivity contribution in [2.24, 2.45) is 0 Å². The van der Waals surface area contributed by atoms with Crippen molar-refractivity contribution >= 4 is 5.82 Å². The van der Waals surface area contributed by atoms with E-state index in [2.05, 4.69) is 29.9 Å². The molecule has 0 fully saturated rings. The molecule has 0 spiro atoms. The number of hydrogen-bond acceptors (Lipinski definition) is 6. The van der Waals surface area contributed by atoms with Crippen LogP contribution in [0.25, 0.3) is 11.4 Å². The van der Waals surface area contributed by atoms with Crippen molar-refractivity contribution in [2.75, 3.05) is 5.32 Å². The summed E-state index contributed by atoms with van der Waals surface area (Å²) in [5, 5.41) is 6.76. The molecule has 3 rings (SSSR count). The zero-order valence-electron chi connectivity index (χ0n) is 12.1. The van der Waals surface area contributed by atoms with E-state index in [9.17, 15) is 8.78 Å². The summed E-state index contributed by atoms with van der Waals surface area (Å²) < 4.78 is 29.4. The van der Waals surface area contributed by atoms with Gasteiger partial charge in [0.25, 0.3) is 5.89 Å². The van der Waals surface area contributed by atoms with Gasteiger partial charge in [0.2, 0.25) is 5.82 Å². The molecule has 0 saturated heterocycles. The van der Waals surface area contributed by atoms with Gasteiger partial charge in [0, 0.05) is 24.0 Å². The van der Waals surface area contributed by atoms with Crippen molar-refractivity contribution in [1.82, 2.24) is 20.1 Å². The van der Waals surface area contributed by atoms with Gasteiger partial charge in [-0.15, -0.1) is 0 Å². The molecule has 0 aliphatic rings. The number of nitrogens with zero attached hydrogens (tertiary/aromatic N) is 4. The Bertz CT molecular complexity index is 761. The number of hydrogen-bond donors (Lipinski definition) is 1. The van der Waals surface area contributed by atoms with Gasteiger partial charge in [-0.3, -0.25) is 4.98 Å². The molecule has 118 valence electrons. The van der Waals surface area contributed by atoms with Crippen molar-refractivity contribution in [2.45, 2.75) is 19.4 Å². The maximum Gasteiger partial charge on any atom is 0.315 e. The van der Waals surface area contributed by atoms with Gasteiger partial charge >= 0.3 is 6.43 Å².